The lowest BCUT2D eigenvalue weighted by atomic mass is 9.50. The molecule has 3 N–H and O–H groups in total. The van der Waals surface area contributed by atoms with E-state index in [1.54, 1.807) is 6.92 Å². The van der Waals surface area contributed by atoms with E-state index in [0.717, 1.165) is 24.8 Å². The van der Waals surface area contributed by atoms with Crippen LogP contribution in [0.4, 0.5) is 0 Å². The van der Waals surface area contributed by atoms with Crippen LogP contribution in [0.15, 0.2) is 11.6 Å². The van der Waals surface area contributed by atoms with Crippen molar-refractivity contribution in [3.63, 3.8) is 0 Å². The van der Waals surface area contributed by atoms with Gasteiger partial charge in [-0.3, -0.25) is 4.79 Å². The highest BCUT2D eigenvalue weighted by atomic mass is 16.4. The third-order valence-corrected chi connectivity index (χ3v) is 7.82. The lowest BCUT2D eigenvalue weighted by Gasteiger charge is -2.56. The molecule has 0 saturated heterocycles. The van der Waals surface area contributed by atoms with Crippen LogP contribution >= 0.6 is 0 Å². The van der Waals surface area contributed by atoms with Crippen LogP contribution in [-0.2, 0) is 9.59 Å². The van der Waals surface area contributed by atoms with Gasteiger partial charge in [0.05, 0.1) is 11.5 Å². The summed E-state index contributed by atoms with van der Waals surface area (Å²) in [6.45, 7) is 9.98. The van der Waals surface area contributed by atoms with Crippen LogP contribution in [0.2, 0.25) is 0 Å². The van der Waals surface area contributed by atoms with Crippen LogP contribution in [0.25, 0.3) is 0 Å². The second-order valence-electron chi connectivity index (χ2n) is 9.02. The molecule has 0 unspecified atom stereocenters. The molecule has 2 rings (SSSR count). The smallest absolute Gasteiger partial charge is 0.328 e. The Balaban J connectivity index is 2.34. The van der Waals surface area contributed by atoms with E-state index in [9.17, 15) is 19.8 Å². The van der Waals surface area contributed by atoms with E-state index >= 15 is 0 Å². The van der Waals surface area contributed by atoms with Gasteiger partial charge in [-0.05, 0) is 63.2 Å². The Morgan fingerprint density at radius 1 is 1.20 bits per heavy atom. The summed E-state index contributed by atoms with van der Waals surface area (Å²) in [6.07, 6.45) is 5.01. The van der Waals surface area contributed by atoms with E-state index < -0.39 is 28.9 Å². The molecular weight excluding hydrogens is 320 g/mol. The molecule has 2 saturated carbocycles. The van der Waals surface area contributed by atoms with Gasteiger partial charge in [0, 0.05) is 11.5 Å². The van der Waals surface area contributed by atoms with Crippen molar-refractivity contribution >= 4 is 11.9 Å². The molecular formula is C20H32O5. The van der Waals surface area contributed by atoms with Crippen LogP contribution in [0.3, 0.4) is 0 Å². The van der Waals surface area contributed by atoms with E-state index in [1.165, 1.54) is 6.08 Å². The fraction of sp³-hybridized carbons (Fsp3) is 0.800. The van der Waals surface area contributed by atoms with Gasteiger partial charge in [-0.25, -0.2) is 4.79 Å². The zero-order valence-electron chi connectivity index (χ0n) is 16.0. The Labute approximate surface area is 150 Å². The number of aliphatic carboxylic acids is 2. The van der Waals surface area contributed by atoms with Gasteiger partial charge in [0.25, 0.3) is 0 Å². The molecule has 0 heterocycles. The first-order chi connectivity index (χ1) is 11.4. The van der Waals surface area contributed by atoms with E-state index in [2.05, 4.69) is 13.8 Å². The largest absolute Gasteiger partial charge is 0.481 e. The molecule has 0 aromatic rings. The van der Waals surface area contributed by atoms with E-state index in [0.29, 0.717) is 18.8 Å². The molecule has 2 aliphatic rings. The van der Waals surface area contributed by atoms with Gasteiger partial charge < -0.3 is 15.3 Å². The Kier molecular flexibility index (Phi) is 5.12. The van der Waals surface area contributed by atoms with Gasteiger partial charge in [0.15, 0.2) is 0 Å². The molecule has 142 valence electrons. The third-order valence-electron chi connectivity index (χ3n) is 7.82. The quantitative estimate of drug-likeness (QED) is 0.656. The first-order valence-corrected chi connectivity index (χ1v) is 9.21. The summed E-state index contributed by atoms with van der Waals surface area (Å²) in [7, 11) is 0. The third kappa shape index (κ3) is 3.12. The van der Waals surface area contributed by atoms with Crippen LogP contribution in [0, 0.1) is 28.6 Å². The normalized spacial score (nSPS) is 44.4. The number of fused-ring (bicyclic) bond motifs is 1. The lowest BCUT2D eigenvalue weighted by molar-refractivity contribution is -0.161. The maximum absolute atomic E-state index is 11.7. The zero-order valence-corrected chi connectivity index (χ0v) is 16.0. The monoisotopic (exact) mass is 352 g/mol. The molecule has 0 amide bonds. The van der Waals surface area contributed by atoms with E-state index in [-0.39, 0.29) is 11.3 Å². The molecule has 0 aromatic carbocycles. The van der Waals surface area contributed by atoms with Crippen molar-refractivity contribution in [1.82, 2.24) is 0 Å². The molecule has 2 aliphatic carbocycles. The topological polar surface area (TPSA) is 94.8 Å². The van der Waals surface area contributed by atoms with Gasteiger partial charge in [0.2, 0.25) is 0 Å². The number of carbonyl (C=O) groups is 2. The molecule has 0 aromatic heterocycles. The van der Waals surface area contributed by atoms with E-state index in [1.807, 2.05) is 13.8 Å². The summed E-state index contributed by atoms with van der Waals surface area (Å²) < 4.78 is 0. The number of carboxylic acids is 2. The number of hydrogen-bond donors (Lipinski definition) is 3. The Hall–Kier alpha value is -1.36. The number of hydrogen-bond acceptors (Lipinski definition) is 3. The fourth-order valence-electron chi connectivity index (χ4n) is 5.60. The van der Waals surface area contributed by atoms with Crippen molar-refractivity contribution in [3.05, 3.63) is 11.6 Å². The molecule has 0 radical (unpaired) electrons. The van der Waals surface area contributed by atoms with Gasteiger partial charge >= 0.3 is 11.9 Å². The number of aliphatic hydroxyl groups is 1. The van der Waals surface area contributed by atoms with Gasteiger partial charge in [-0.15, -0.1) is 0 Å². The summed E-state index contributed by atoms with van der Waals surface area (Å²) in [5.41, 5.74) is -0.944. The summed E-state index contributed by atoms with van der Waals surface area (Å²) in [5.74, 6) is -2.08. The highest BCUT2D eigenvalue weighted by Gasteiger charge is 2.67. The molecule has 5 heteroatoms. The first-order valence-electron chi connectivity index (χ1n) is 9.21. The molecule has 25 heavy (non-hydrogen) atoms. The van der Waals surface area contributed by atoms with Gasteiger partial charge in [-0.1, -0.05) is 26.3 Å². The van der Waals surface area contributed by atoms with Gasteiger partial charge in [-0.2, -0.15) is 0 Å². The Bertz CT molecular complexity index is 593. The van der Waals surface area contributed by atoms with Crippen LogP contribution in [-0.4, -0.2) is 32.9 Å². The van der Waals surface area contributed by atoms with Crippen molar-refractivity contribution in [1.29, 1.82) is 0 Å². The van der Waals surface area contributed by atoms with Crippen molar-refractivity contribution in [3.8, 4) is 0 Å². The molecule has 0 spiro atoms. The Morgan fingerprint density at radius 3 is 2.32 bits per heavy atom. The SMILES string of the molecule is C/C(=C/C(=O)O)CC[C@@]1(C)[C@H](C)CC[C@]2(C)[C@@H]1C[C@H](C(=O)O)[C@@]2(C)O. The van der Waals surface area contributed by atoms with Crippen LogP contribution < -0.4 is 0 Å². The fourth-order valence-corrected chi connectivity index (χ4v) is 5.60. The second kappa shape index (κ2) is 6.42. The molecule has 6 atom stereocenters. The molecule has 2 fully saturated rings. The summed E-state index contributed by atoms with van der Waals surface area (Å²) in [4.78, 5) is 22.6. The second-order valence-corrected chi connectivity index (χ2v) is 9.02. The van der Waals surface area contributed by atoms with Gasteiger partial charge in [0.1, 0.15) is 0 Å². The predicted molar refractivity (Wildman–Crippen MR) is 95.1 cm³/mol. The summed E-state index contributed by atoms with van der Waals surface area (Å²) in [5, 5.41) is 29.7. The number of rotatable bonds is 5. The molecule has 0 bridgehead atoms. The van der Waals surface area contributed by atoms with Crippen molar-refractivity contribution in [2.24, 2.45) is 28.6 Å². The van der Waals surface area contributed by atoms with Crippen LogP contribution in [0.5, 0.6) is 0 Å². The van der Waals surface area contributed by atoms with E-state index in [4.69, 9.17) is 5.11 Å². The average molecular weight is 352 g/mol. The Morgan fingerprint density at radius 2 is 1.80 bits per heavy atom. The molecule has 5 nitrogen and oxygen atoms in total. The minimum Gasteiger partial charge on any atom is -0.481 e. The summed E-state index contributed by atoms with van der Waals surface area (Å²) in [6, 6.07) is 0. The maximum Gasteiger partial charge on any atom is 0.328 e. The molecule has 0 aliphatic heterocycles. The van der Waals surface area contributed by atoms with Crippen molar-refractivity contribution in [2.45, 2.75) is 72.3 Å². The minimum atomic E-state index is -1.23. The van der Waals surface area contributed by atoms with Crippen LogP contribution in [0.1, 0.15) is 66.7 Å². The summed E-state index contributed by atoms with van der Waals surface area (Å²) >= 11 is 0. The minimum absolute atomic E-state index is 0.109. The predicted octanol–water partition coefficient (Wildman–Crippen LogP) is 3.71. The maximum atomic E-state index is 11.7. The number of allylic oxidation sites excluding steroid dienone is 1. The van der Waals surface area contributed by atoms with Crippen molar-refractivity contribution in [2.75, 3.05) is 0 Å². The lowest BCUT2D eigenvalue weighted by Crippen LogP contribution is -2.54. The highest BCUT2D eigenvalue weighted by molar-refractivity contribution is 5.80. The average Bonchev–Trinajstić information content (AvgIpc) is 2.69. The standard InChI is InChI=1S/C20H32O5/c1-12(10-16(21)22)6-8-18(3)13(2)7-9-19(4)15(18)11-14(17(23)24)20(19,5)25/h10,13-15,25H,6-9,11H2,1-5H3,(H,21,22)(H,23,24)/b12-10-/t13-,14-,15-,18+,19-,20-/m1/s1. The number of carboxylic acid groups (broad SMARTS) is 2. The zero-order chi connectivity index (χ0) is 19.2. The highest BCUT2D eigenvalue weighted by Crippen LogP contribution is 2.67. The first kappa shape index (κ1) is 20.0. The van der Waals surface area contributed by atoms with Crippen molar-refractivity contribution < 1.29 is 24.9 Å².